The van der Waals surface area contributed by atoms with Gasteiger partial charge in [-0.15, -0.1) is 0 Å². The number of amides is 1. The Kier molecular flexibility index (Phi) is 4.80. The molecule has 2 N–H and O–H groups in total. The molecule has 0 spiro atoms. The molecule has 0 saturated carbocycles. The van der Waals surface area contributed by atoms with Gasteiger partial charge in [-0.3, -0.25) is 9.78 Å². The number of thiazole rings is 1. The highest BCUT2D eigenvalue weighted by Gasteiger charge is 2.17. The van der Waals surface area contributed by atoms with E-state index >= 15 is 0 Å². The number of rotatable bonds is 4. The van der Waals surface area contributed by atoms with Crippen molar-refractivity contribution >= 4 is 23.5 Å². The number of nitrogens with zero attached hydrogens (tertiary/aromatic N) is 3. The molecule has 0 aromatic carbocycles. The van der Waals surface area contributed by atoms with Crippen molar-refractivity contribution in [1.82, 2.24) is 15.4 Å². The maximum atomic E-state index is 12.0. The number of hydrogen-bond donors (Lipinski definition) is 2. The van der Waals surface area contributed by atoms with Crippen LogP contribution in [0, 0.1) is 13.8 Å². The standard InChI is InChI=1S/C17H15N5O2S/c1-11-7-12(2)10-22(9-11)15-14(25-17(24)20-15)8-19-21-16(23)13-3-5-18-6-4-13/h3-10H,1-2H3,(H-,18,19,20,21,23,24)/p+1. The highest BCUT2D eigenvalue weighted by molar-refractivity contribution is 7.11. The van der Waals surface area contributed by atoms with Crippen LogP contribution in [-0.4, -0.2) is 22.1 Å². The number of carbonyl (C=O) groups is 1. The molecule has 0 radical (unpaired) electrons. The molecule has 0 bridgehead atoms. The van der Waals surface area contributed by atoms with Crippen LogP contribution in [0.5, 0.6) is 0 Å². The summed E-state index contributed by atoms with van der Waals surface area (Å²) in [7, 11) is 0. The molecule has 0 aliphatic rings. The van der Waals surface area contributed by atoms with Gasteiger partial charge in [0, 0.05) is 18.0 Å². The van der Waals surface area contributed by atoms with Crippen molar-refractivity contribution in [3.63, 3.8) is 0 Å². The Balaban J connectivity index is 1.84. The smallest absolute Gasteiger partial charge is 0.267 e. The summed E-state index contributed by atoms with van der Waals surface area (Å²) in [5, 5.41) is 3.96. The number of hydrogen-bond acceptors (Lipinski definition) is 5. The number of aromatic amines is 1. The second kappa shape index (κ2) is 7.18. The van der Waals surface area contributed by atoms with Crippen LogP contribution in [0.1, 0.15) is 26.4 Å². The third-order valence-corrected chi connectivity index (χ3v) is 4.15. The van der Waals surface area contributed by atoms with Gasteiger partial charge in [0.25, 0.3) is 5.91 Å². The Bertz CT molecular complexity index is 972. The number of carbonyl (C=O) groups excluding carboxylic acids is 1. The van der Waals surface area contributed by atoms with Gasteiger partial charge in [-0.25, -0.2) is 14.8 Å². The largest absolute Gasteiger partial charge is 0.390 e. The summed E-state index contributed by atoms with van der Waals surface area (Å²) in [6.45, 7) is 3.97. The molecule has 126 valence electrons. The van der Waals surface area contributed by atoms with E-state index in [2.05, 4.69) is 20.5 Å². The monoisotopic (exact) mass is 354 g/mol. The van der Waals surface area contributed by atoms with E-state index in [1.807, 2.05) is 36.9 Å². The number of aromatic nitrogens is 3. The van der Waals surface area contributed by atoms with Gasteiger partial charge in [0.2, 0.25) is 0 Å². The van der Waals surface area contributed by atoms with E-state index in [1.54, 1.807) is 12.1 Å². The molecule has 0 unspecified atom stereocenters. The van der Waals surface area contributed by atoms with Gasteiger partial charge < -0.3 is 0 Å². The van der Waals surface area contributed by atoms with Crippen molar-refractivity contribution in [3.05, 3.63) is 74.2 Å². The second-order valence-electron chi connectivity index (χ2n) is 5.46. The minimum atomic E-state index is -0.345. The average molecular weight is 354 g/mol. The van der Waals surface area contributed by atoms with E-state index in [0.717, 1.165) is 22.5 Å². The average Bonchev–Trinajstić information content (AvgIpc) is 2.95. The maximum absolute atomic E-state index is 12.0. The van der Waals surface area contributed by atoms with Gasteiger partial charge in [0.1, 0.15) is 4.88 Å². The van der Waals surface area contributed by atoms with E-state index in [4.69, 9.17) is 0 Å². The Morgan fingerprint density at radius 3 is 2.64 bits per heavy atom. The molecule has 8 heteroatoms. The molecule has 7 nitrogen and oxygen atoms in total. The summed E-state index contributed by atoms with van der Waals surface area (Å²) in [4.78, 5) is 30.8. The van der Waals surface area contributed by atoms with Gasteiger partial charge in [-0.05, 0) is 54.5 Å². The summed E-state index contributed by atoms with van der Waals surface area (Å²) < 4.78 is 1.84. The van der Waals surface area contributed by atoms with Crippen LogP contribution in [0.2, 0.25) is 0 Å². The Morgan fingerprint density at radius 1 is 1.28 bits per heavy atom. The van der Waals surface area contributed by atoms with Crippen LogP contribution in [0.15, 0.2) is 52.9 Å². The topological polar surface area (TPSA) is 91.1 Å². The zero-order chi connectivity index (χ0) is 17.8. The lowest BCUT2D eigenvalue weighted by Crippen LogP contribution is -2.33. The van der Waals surface area contributed by atoms with Crippen molar-refractivity contribution in [2.24, 2.45) is 5.10 Å². The molecule has 3 aromatic rings. The molecule has 25 heavy (non-hydrogen) atoms. The fourth-order valence-corrected chi connectivity index (χ4v) is 3.07. The fraction of sp³-hybridized carbons (Fsp3) is 0.118. The number of pyridine rings is 2. The lowest BCUT2D eigenvalue weighted by atomic mass is 10.2. The summed E-state index contributed by atoms with van der Waals surface area (Å²) >= 11 is 1.03. The first-order valence-electron chi connectivity index (χ1n) is 7.49. The minimum absolute atomic E-state index is 0.191. The highest BCUT2D eigenvalue weighted by Crippen LogP contribution is 2.08. The number of aryl methyl sites for hydroxylation is 2. The molecule has 3 rings (SSSR count). The summed E-state index contributed by atoms with van der Waals surface area (Å²) in [5.74, 6) is 0.269. The molecule has 0 fully saturated rings. The maximum Gasteiger partial charge on any atom is 0.390 e. The van der Waals surface area contributed by atoms with Gasteiger partial charge in [-0.1, -0.05) is 0 Å². The fourth-order valence-electron chi connectivity index (χ4n) is 2.37. The second-order valence-corrected chi connectivity index (χ2v) is 6.47. The summed E-state index contributed by atoms with van der Waals surface area (Å²) in [5.41, 5.74) is 5.04. The first-order chi connectivity index (χ1) is 12.0. The first-order valence-corrected chi connectivity index (χ1v) is 8.31. The predicted octanol–water partition coefficient (Wildman–Crippen LogP) is 1.49. The van der Waals surface area contributed by atoms with Gasteiger partial charge >= 0.3 is 10.7 Å². The molecule has 0 atom stereocenters. The predicted molar refractivity (Wildman–Crippen MR) is 95.2 cm³/mol. The molecule has 1 amide bonds. The third kappa shape index (κ3) is 4.04. The van der Waals surface area contributed by atoms with Crippen molar-refractivity contribution < 1.29 is 9.36 Å². The van der Waals surface area contributed by atoms with E-state index in [1.165, 1.54) is 18.6 Å². The first kappa shape index (κ1) is 16.7. The van der Waals surface area contributed by atoms with Crippen molar-refractivity contribution in [3.8, 4) is 5.82 Å². The van der Waals surface area contributed by atoms with Crippen LogP contribution in [0.4, 0.5) is 0 Å². The molecule has 0 aliphatic carbocycles. The molecule has 3 aromatic heterocycles. The van der Waals surface area contributed by atoms with Gasteiger partial charge in [-0.2, -0.15) is 10.1 Å². The van der Waals surface area contributed by atoms with Crippen molar-refractivity contribution in [2.45, 2.75) is 13.8 Å². The molecular weight excluding hydrogens is 338 g/mol. The zero-order valence-electron chi connectivity index (χ0n) is 13.7. The molecule has 0 aliphatic heterocycles. The van der Waals surface area contributed by atoms with Crippen LogP contribution in [0.3, 0.4) is 0 Å². The Labute approximate surface area is 147 Å². The quantitative estimate of drug-likeness (QED) is 0.422. The van der Waals surface area contributed by atoms with E-state index in [9.17, 15) is 9.59 Å². The molecular formula is C17H16N5O2S+. The van der Waals surface area contributed by atoms with E-state index in [-0.39, 0.29) is 10.8 Å². The van der Waals surface area contributed by atoms with Crippen molar-refractivity contribution in [2.75, 3.05) is 0 Å². The lowest BCUT2D eigenvalue weighted by molar-refractivity contribution is -0.600. The summed E-state index contributed by atoms with van der Waals surface area (Å²) in [6.07, 6.45) is 8.36. The number of hydrazone groups is 1. The Hall–Kier alpha value is -3.13. The van der Waals surface area contributed by atoms with E-state index in [0.29, 0.717) is 16.3 Å². The normalized spacial score (nSPS) is 11.0. The third-order valence-electron chi connectivity index (χ3n) is 3.35. The SMILES string of the molecule is Cc1cc(C)c[n+](-c2[nH]c(=O)sc2/C=N/NC(=O)c2ccncc2)c1. The van der Waals surface area contributed by atoms with Crippen LogP contribution in [0.25, 0.3) is 5.82 Å². The van der Waals surface area contributed by atoms with Crippen LogP contribution in [-0.2, 0) is 0 Å². The Morgan fingerprint density at radius 2 is 1.96 bits per heavy atom. The number of H-pyrrole nitrogens is 1. The molecule has 0 saturated heterocycles. The van der Waals surface area contributed by atoms with Gasteiger partial charge in [0.15, 0.2) is 0 Å². The summed E-state index contributed by atoms with van der Waals surface area (Å²) in [6, 6.07) is 5.23. The minimum Gasteiger partial charge on any atom is -0.267 e. The van der Waals surface area contributed by atoms with Crippen LogP contribution < -0.4 is 14.9 Å². The van der Waals surface area contributed by atoms with Crippen LogP contribution >= 0.6 is 11.3 Å². The number of nitrogens with one attached hydrogen (secondary N) is 2. The van der Waals surface area contributed by atoms with Gasteiger partial charge in [0.05, 0.1) is 18.6 Å². The van der Waals surface area contributed by atoms with Crippen molar-refractivity contribution in [1.29, 1.82) is 0 Å². The lowest BCUT2D eigenvalue weighted by Gasteiger charge is -2.01. The highest BCUT2D eigenvalue weighted by atomic mass is 32.1. The molecule has 3 heterocycles. The van der Waals surface area contributed by atoms with E-state index < -0.39 is 0 Å². The zero-order valence-corrected chi connectivity index (χ0v) is 14.5.